The van der Waals surface area contributed by atoms with Gasteiger partial charge in [-0.25, -0.2) is 9.97 Å². The van der Waals surface area contributed by atoms with Gasteiger partial charge in [0.25, 0.3) is 0 Å². The lowest BCUT2D eigenvalue weighted by Gasteiger charge is -2.43. The summed E-state index contributed by atoms with van der Waals surface area (Å²) < 4.78 is 15.6. The van der Waals surface area contributed by atoms with Crippen molar-refractivity contribution in [2.75, 3.05) is 13.2 Å². The van der Waals surface area contributed by atoms with Crippen molar-refractivity contribution in [2.45, 2.75) is 90.3 Å². The highest BCUT2D eigenvalue weighted by Crippen LogP contribution is 2.40. The topological polar surface area (TPSA) is 49.2 Å². The molecule has 0 aliphatic rings. The molecule has 7 heteroatoms. The number of hydrogen-bond donors (Lipinski definition) is 0. The van der Waals surface area contributed by atoms with Crippen molar-refractivity contribution < 1.29 is 8.85 Å². The molecule has 0 atom stereocenters. The van der Waals surface area contributed by atoms with Crippen LogP contribution in [0.1, 0.15) is 48.5 Å². The fourth-order valence-corrected chi connectivity index (χ4v) is 4.81. The highest BCUT2D eigenvalue weighted by molar-refractivity contribution is 6.74. The highest BCUT2D eigenvalue weighted by atomic mass is 28.4. The van der Waals surface area contributed by atoms with Crippen LogP contribution in [0.25, 0.3) is 11.0 Å². The second-order valence-corrected chi connectivity index (χ2v) is 21.2. The predicted molar refractivity (Wildman–Crippen MR) is 127 cm³/mol. The molecule has 0 aromatic carbocycles. The fourth-order valence-electron chi connectivity index (χ4n) is 2.60. The first kappa shape index (κ1) is 24.2. The van der Waals surface area contributed by atoms with Gasteiger partial charge < -0.3 is 13.4 Å². The Labute approximate surface area is 179 Å². The van der Waals surface area contributed by atoms with E-state index >= 15 is 0 Å². The van der Waals surface area contributed by atoms with Crippen LogP contribution in [0, 0.1) is 0 Å². The summed E-state index contributed by atoms with van der Waals surface area (Å²) in [6.07, 6.45) is 5.58. The van der Waals surface area contributed by atoms with E-state index in [9.17, 15) is 0 Å². The van der Waals surface area contributed by atoms with E-state index in [1.807, 2.05) is 6.20 Å². The minimum atomic E-state index is -1.90. The van der Waals surface area contributed by atoms with Gasteiger partial charge in [-0.15, -0.1) is 0 Å². The number of rotatable bonds is 7. The third kappa shape index (κ3) is 5.18. The molecule has 29 heavy (non-hydrogen) atoms. The van der Waals surface area contributed by atoms with Crippen LogP contribution in [0.2, 0.25) is 36.3 Å². The Balaban J connectivity index is 2.40. The van der Waals surface area contributed by atoms with Crippen LogP contribution in [0.15, 0.2) is 24.8 Å². The van der Waals surface area contributed by atoms with E-state index in [0.29, 0.717) is 13.2 Å². The Bertz CT molecular complexity index is 802. The number of aromatic nitrogens is 3. The standard InChI is InChI=1S/C22H41N3O2Si2/c1-20(2,3)28(8,9)26-15-22(7,16-27-29(10,11)21(4,5)6)25-13-12-18-14-23-17-24-19(18)25/h12-14,17H,15-16H2,1-11H3. The maximum Gasteiger partial charge on any atom is 0.192 e. The highest BCUT2D eigenvalue weighted by Gasteiger charge is 2.43. The summed E-state index contributed by atoms with van der Waals surface area (Å²) in [6.45, 7) is 26.3. The molecule has 0 N–H and O–H groups in total. The van der Waals surface area contributed by atoms with Crippen LogP contribution < -0.4 is 0 Å². The van der Waals surface area contributed by atoms with Gasteiger partial charge in [0.1, 0.15) is 12.0 Å². The first-order chi connectivity index (χ1) is 13.0. The van der Waals surface area contributed by atoms with Crippen LogP contribution in [-0.4, -0.2) is 44.4 Å². The molecular weight excluding hydrogens is 394 g/mol. The van der Waals surface area contributed by atoms with Crippen molar-refractivity contribution in [1.82, 2.24) is 14.5 Å². The van der Waals surface area contributed by atoms with Crippen molar-refractivity contribution in [3.8, 4) is 0 Å². The van der Waals surface area contributed by atoms with E-state index in [-0.39, 0.29) is 15.6 Å². The molecule has 0 bridgehead atoms. The fraction of sp³-hybridized carbons (Fsp3) is 0.727. The van der Waals surface area contributed by atoms with Gasteiger partial charge in [-0.1, -0.05) is 41.5 Å². The van der Waals surface area contributed by atoms with Crippen LogP contribution >= 0.6 is 0 Å². The zero-order valence-electron chi connectivity index (χ0n) is 20.4. The Morgan fingerprint density at radius 1 is 0.862 bits per heavy atom. The summed E-state index contributed by atoms with van der Waals surface area (Å²) in [6, 6.07) is 2.08. The average Bonchev–Trinajstić information content (AvgIpc) is 3.01. The third-order valence-electron chi connectivity index (χ3n) is 7.03. The summed E-state index contributed by atoms with van der Waals surface area (Å²) in [5.41, 5.74) is 0.585. The van der Waals surface area contributed by atoms with E-state index in [0.717, 1.165) is 11.0 Å². The summed E-state index contributed by atoms with van der Waals surface area (Å²) in [7, 11) is -3.79. The molecule has 0 saturated heterocycles. The van der Waals surface area contributed by atoms with E-state index in [4.69, 9.17) is 8.85 Å². The molecular formula is C22H41N3O2Si2. The van der Waals surface area contributed by atoms with Gasteiger partial charge in [-0.05, 0) is 49.3 Å². The molecule has 2 rings (SSSR count). The lowest BCUT2D eigenvalue weighted by molar-refractivity contribution is 0.0900. The smallest absolute Gasteiger partial charge is 0.192 e. The molecule has 0 aliphatic heterocycles. The average molecular weight is 436 g/mol. The van der Waals surface area contributed by atoms with Crippen molar-refractivity contribution in [3.63, 3.8) is 0 Å². The Morgan fingerprint density at radius 2 is 1.34 bits per heavy atom. The maximum absolute atomic E-state index is 6.69. The normalized spacial score (nSPS) is 14.6. The molecule has 0 aliphatic carbocycles. The Morgan fingerprint density at radius 3 is 1.79 bits per heavy atom. The van der Waals surface area contributed by atoms with E-state index in [1.54, 1.807) is 6.33 Å². The maximum atomic E-state index is 6.69. The van der Waals surface area contributed by atoms with Gasteiger partial charge >= 0.3 is 0 Å². The summed E-state index contributed by atoms with van der Waals surface area (Å²) in [4.78, 5) is 8.73. The zero-order chi connectivity index (χ0) is 22.3. The van der Waals surface area contributed by atoms with Crippen LogP contribution in [0.3, 0.4) is 0 Å². The number of hydrogen-bond acceptors (Lipinski definition) is 4. The summed E-state index contributed by atoms with van der Waals surface area (Å²) >= 11 is 0. The molecule has 0 saturated carbocycles. The van der Waals surface area contributed by atoms with Gasteiger partial charge in [0, 0.05) is 17.8 Å². The Kier molecular flexibility index (Phi) is 6.61. The number of nitrogens with zero attached hydrogens (tertiary/aromatic N) is 3. The minimum Gasteiger partial charge on any atom is -0.414 e. The van der Waals surface area contributed by atoms with Gasteiger partial charge in [0.2, 0.25) is 0 Å². The molecule has 2 aromatic rings. The lowest BCUT2D eigenvalue weighted by Crippen LogP contribution is -2.51. The van der Waals surface area contributed by atoms with E-state index in [1.165, 1.54) is 0 Å². The second kappa shape index (κ2) is 7.91. The van der Waals surface area contributed by atoms with Crippen molar-refractivity contribution in [3.05, 3.63) is 24.8 Å². The van der Waals surface area contributed by atoms with Crippen molar-refractivity contribution in [2.24, 2.45) is 0 Å². The van der Waals surface area contributed by atoms with Gasteiger partial charge in [-0.3, -0.25) is 0 Å². The van der Waals surface area contributed by atoms with Gasteiger partial charge in [0.15, 0.2) is 16.6 Å². The van der Waals surface area contributed by atoms with Crippen molar-refractivity contribution >= 4 is 27.7 Å². The monoisotopic (exact) mass is 435 g/mol. The van der Waals surface area contributed by atoms with Gasteiger partial charge in [-0.2, -0.15) is 0 Å². The third-order valence-corrected chi connectivity index (χ3v) is 16.0. The zero-order valence-corrected chi connectivity index (χ0v) is 22.4. The lowest BCUT2D eigenvalue weighted by atomic mass is 10.1. The van der Waals surface area contributed by atoms with Crippen LogP contribution in [0.4, 0.5) is 0 Å². The van der Waals surface area contributed by atoms with Crippen molar-refractivity contribution in [1.29, 1.82) is 0 Å². The molecule has 2 aromatic heterocycles. The van der Waals surface area contributed by atoms with Crippen LogP contribution in [-0.2, 0) is 14.4 Å². The molecule has 0 amide bonds. The predicted octanol–water partition coefficient (Wildman–Crippen LogP) is 6.19. The molecule has 0 spiro atoms. The largest absolute Gasteiger partial charge is 0.414 e. The second-order valence-electron chi connectivity index (χ2n) is 11.6. The summed E-state index contributed by atoms with van der Waals surface area (Å²) in [5, 5.41) is 1.36. The molecule has 5 nitrogen and oxygen atoms in total. The number of fused-ring (bicyclic) bond motifs is 1. The SMILES string of the molecule is CC(CO[Si](C)(C)C(C)(C)C)(CO[Si](C)(C)C(C)(C)C)n1ccc2cncnc21. The van der Waals surface area contributed by atoms with Crippen LogP contribution in [0.5, 0.6) is 0 Å². The minimum absolute atomic E-state index is 0.162. The summed E-state index contributed by atoms with van der Waals surface area (Å²) in [5.74, 6) is 0. The first-order valence-corrected chi connectivity index (χ1v) is 16.4. The van der Waals surface area contributed by atoms with Gasteiger partial charge in [0.05, 0.1) is 18.8 Å². The molecule has 0 fully saturated rings. The molecule has 164 valence electrons. The van der Waals surface area contributed by atoms with E-state index in [2.05, 4.69) is 101 Å². The Hall–Kier alpha value is -1.03. The molecule has 0 radical (unpaired) electrons. The first-order valence-electron chi connectivity index (χ1n) is 10.6. The molecule has 2 heterocycles. The van der Waals surface area contributed by atoms with E-state index < -0.39 is 16.6 Å². The quantitative estimate of drug-likeness (QED) is 0.486. The molecule has 0 unspecified atom stereocenters.